The van der Waals surface area contributed by atoms with Crippen LogP contribution in [0.2, 0.25) is 0 Å². The molecule has 1 N–H and O–H groups in total. The van der Waals surface area contributed by atoms with Crippen molar-refractivity contribution in [3.63, 3.8) is 0 Å². The first-order chi connectivity index (χ1) is 9.26. The predicted octanol–water partition coefficient (Wildman–Crippen LogP) is 3.50. The van der Waals surface area contributed by atoms with Crippen LogP contribution in [0.3, 0.4) is 0 Å². The van der Waals surface area contributed by atoms with E-state index in [4.69, 9.17) is 4.74 Å². The van der Waals surface area contributed by atoms with Gasteiger partial charge in [0.15, 0.2) is 0 Å². The van der Waals surface area contributed by atoms with Crippen LogP contribution in [0.25, 0.3) is 10.2 Å². The summed E-state index contributed by atoms with van der Waals surface area (Å²) in [4.78, 5) is 4.64. The van der Waals surface area contributed by atoms with E-state index in [1.165, 1.54) is 23.1 Å². The quantitative estimate of drug-likeness (QED) is 0.931. The van der Waals surface area contributed by atoms with Gasteiger partial charge in [-0.1, -0.05) is 13.0 Å². The van der Waals surface area contributed by atoms with Crippen molar-refractivity contribution >= 4 is 21.6 Å². The van der Waals surface area contributed by atoms with Crippen molar-refractivity contribution in [2.45, 2.75) is 32.4 Å². The lowest BCUT2D eigenvalue weighted by Gasteiger charge is -2.28. The fourth-order valence-corrected chi connectivity index (χ4v) is 3.60. The van der Waals surface area contributed by atoms with Crippen LogP contribution in [-0.4, -0.2) is 18.6 Å². The van der Waals surface area contributed by atoms with Gasteiger partial charge in [0.25, 0.3) is 0 Å². The maximum absolute atomic E-state index is 5.15. The number of fused-ring (bicyclic) bond motifs is 1. The minimum atomic E-state index is 0.494. The smallest absolute Gasteiger partial charge is 0.120 e. The highest BCUT2D eigenvalue weighted by Crippen LogP contribution is 2.30. The van der Waals surface area contributed by atoms with Gasteiger partial charge in [-0.3, -0.25) is 0 Å². The van der Waals surface area contributed by atoms with Gasteiger partial charge in [0, 0.05) is 13.2 Å². The predicted molar refractivity (Wildman–Crippen MR) is 79.5 cm³/mol. The summed E-state index contributed by atoms with van der Waals surface area (Å²) < 4.78 is 6.40. The maximum atomic E-state index is 5.15. The molecule has 2 atom stereocenters. The summed E-state index contributed by atoms with van der Waals surface area (Å²) in [6, 6.07) is 7.16. The molecule has 3 rings (SSSR count). The summed E-state index contributed by atoms with van der Waals surface area (Å²) in [7, 11) is 1.71. The summed E-state index contributed by atoms with van der Waals surface area (Å²) in [5.74, 6) is 0.799. The Bertz CT molecular complexity index is 558. The first-order valence-corrected chi connectivity index (χ1v) is 7.69. The molecule has 1 saturated heterocycles. The van der Waals surface area contributed by atoms with Crippen molar-refractivity contribution in [2.75, 3.05) is 13.7 Å². The van der Waals surface area contributed by atoms with Crippen LogP contribution >= 0.6 is 11.3 Å². The highest BCUT2D eigenvalue weighted by atomic mass is 32.1. The average Bonchev–Trinajstić information content (AvgIpc) is 2.81. The second-order valence-corrected chi connectivity index (χ2v) is 6.53. The van der Waals surface area contributed by atoms with E-state index >= 15 is 0 Å². The monoisotopic (exact) mass is 276 g/mol. The lowest BCUT2D eigenvalue weighted by Crippen LogP contribution is -2.31. The lowest BCUT2D eigenvalue weighted by molar-refractivity contribution is 0.184. The first kappa shape index (κ1) is 13.0. The van der Waals surface area contributed by atoms with Crippen molar-refractivity contribution in [1.29, 1.82) is 0 Å². The largest absolute Gasteiger partial charge is 0.378 e. The molecule has 0 radical (unpaired) electrons. The number of ether oxygens (including phenoxy) is 1. The molecular weight excluding hydrogens is 256 g/mol. The van der Waals surface area contributed by atoms with Crippen molar-refractivity contribution in [3.05, 3.63) is 28.8 Å². The van der Waals surface area contributed by atoms with Gasteiger partial charge in [0.2, 0.25) is 0 Å². The number of hydrogen-bond acceptors (Lipinski definition) is 4. The SMILES string of the molecule is COCc1nc2cc([C@@H]3CC[C@@H](C)CN3)ccc2s1. The summed E-state index contributed by atoms with van der Waals surface area (Å²) >= 11 is 1.72. The van der Waals surface area contributed by atoms with Crippen LogP contribution in [0.1, 0.15) is 36.4 Å². The Morgan fingerprint density at radius 1 is 1.42 bits per heavy atom. The molecule has 3 nitrogen and oxygen atoms in total. The first-order valence-electron chi connectivity index (χ1n) is 6.88. The van der Waals surface area contributed by atoms with E-state index in [1.54, 1.807) is 18.4 Å². The molecule has 1 fully saturated rings. The van der Waals surface area contributed by atoms with E-state index in [0.717, 1.165) is 23.0 Å². The molecule has 0 spiro atoms. The van der Waals surface area contributed by atoms with Crippen molar-refractivity contribution < 1.29 is 4.74 Å². The van der Waals surface area contributed by atoms with Gasteiger partial charge in [0.05, 0.1) is 16.8 Å². The van der Waals surface area contributed by atoms with Crippen LogP contribution in [0, 0.1) is 5.92 Å². The number of piperidine rings is 1. The fourth-order valence-electron chi connectivity index (χ4n) is 2.68. The molecule has 4 heteroatoms. The summed E-state index contributed by atoms with van der Waals surface area (Å²) in [5, 5.41) is 4.69. The summed E-state index contributed by atoms with van der Waals surface area (Å²) in [6.07, 6.45) is 2.53. The summed E-state index contributed by atoms with van der Waals surface area (Å²) in [6.45, 7) is 4.03. The number of rotatable bonds is 3. The molecule has 0 amide bonds. The van der Waals surface area contributed by atoms with Crippen LogP contribution < -0.4 is 5.32 Å². The highest BCUT2D eigenvalue weighted by Gasteiger charge is 2.19. The average molecular weight is 276 g/mol. The Morgan fingerprint density at radius 2 is 2.32 bits per heavy atom. The van der Waals surface area contributed by atoms with E-state index in [1.807, 2.05) is 0 Å². The number of nitrogens with zero attached hydrogens (tertiary/aromatic N) is 1. The number of nitrogens with one attached hydrogen (secondary N) is 1. The van der Waals surface area contributed by atoms with E-state index in [-0.39, 0.29) is 0 Å². The standard InChI is InChI=1S/C15H20N2OS/c1-10-3-5-12(16-8-10)11-4-6-14-13(7-11)17-15(19-14)9-18-2/h4,6-7,10,12,16H,3,5,8-9H2,1-2H3/t10-,12+/m1/s1. The molecule has 2 aromatic rings. The van der Waals surface area contributed by atoms with Crippen LogP contribution in [0.15, 0.2) is 18.2 Å². The number of thiazole rings is 1. The normalized spacial score (nSPS) is 23.9. The van der Waals surface area contributed by atoms with Gasteiger partial charge in [-0.15, -0.1) is 11.3 Å². The number of benzene rings is 1. The molecule has 1 aromatic heterocycles. The van der Waals surface area contributed by atoms with Crippen LogP contribution in [0.5, 0.6) is 0 Å². The van der Waals surface area contributed by atoms with Gasteiger partial charge < -0.3 is 10.1 Å². The zero-order chi connectivity index (χ0) is 13.2. The van der Waals surface area contributed by atoms with E-state index in [9.17, 15) is 0 Å². The molecule has 19 heavy (non-hydrogen) atoms. The van der Waals surface area contributed by atoms with Crippen LogP contribution in [0.4, 0.5) is 0 Å². The molecular formula is C15H20N2OS. The Morgan fingerprint density at radius 3 is 3.05 bits per heavy atom. The third-order valence-electron chi connectivity index (χ3n) is 3.79. The Hall–Kier alpha value is -0.970. The van der Waals surface area contributed by atoms with Crippen molar-refractivity contribution in [3.8, 4) is 0 Å². The van der Waals surface area contributed by atoms with E-state index in [2.05, 4.69) is 35.4 Å². The zero-order valence-electron chi connectivity index (χ0n) is 11.5. The lowest BCUT2D eigenvalue weighted by atomic mass is 9.92. The molecule has 1 aliphatic rings. The number of aromatic nitrogens is 1. The molecule has 0 aliphatic carbocycles. The van der Waals surface area contributed by atoms with E-state index < -0.39 is 0 Å². The zero-order valence-corrected chi connectivity index (χ0v) is 12.3. The van der Waals surface area contributed by atoms with E-state index in [0.29, 0.717) is 12.6 Å². The van der Waals surface area contributed by atoms with Crippen molar-refractivity contribution in [2.24, 2.45) is 5.92 Å². The van der Waals surface area contributed by atoms with Crippen LogP contribution in [-0.2, 0) is 11.3 Å². The topological polar surface area (TPSA) is 34.1 Å². The molecule has 0 bridgehead atoms. The van der Waals surface area contributed by atoms with Gasteiger partial charge in [-0.05, 0) is 43.0 Å². The number of methoxy groups -OCH3 is 1. The molecule has 2 heterocycles. The molecule has 102 valence electrons. The Balaban J connectivity index is 1.84. The fraction of sp³-hybridized carbons (Fsp3) is 0.533. The molecule has 0 saturated carbocycles. The highest BCUT2D eigenvalue weighted by molar-refractivity contribution is 7.18. The third kappa shape index (κ3) is 2.81. The summed E-state index contributed by atoms with van der Waals surface area (Å²) in [5.41, 5.74) is 2.48. The Kier molecular flexibility index (Phi) is 3.82. The second-order valence-electron chi connectivity index (χ2n) is 5.41. The molecule has 1 aliphatic heterocycles. The minimum absolute atomic E-state index is 0.494. The minimum Gasteiger partial charge on any atom is -0.378 e. The van der Waals surface area contributed by atoms with Gasteiger partial charge in [-0.2, -0.15) is 0 Å². The second kappa shape index (κ2) is 5.57. The number of hydrogen-bond donors (Lipinski definition) is 1. The van der Waals surface area contributed by atoms with Gasteiger partial charge >= 0.3 is 0 Å². The van der Waals surface area contributed by atoms with Crippen molar-refractivity contribution in [1.82, 2.24) is 10.3 Å². The molecule has 1 aromatic carbocycles. The van der Waals surface area contributed by atoms with Gasteiger partial charge in [-0.25, -0.2) is 4.98 Å². The third-order valence-corrected chi connectivity index (χ3v) is 4.80. The maximum Gasteiger partial charge on any atom is 0.120 e. The Labute approximate surface area is 118 Å². The molecule has 0 unspecified atom stereocenters. The van der Waals surface area contributed by atoms with Gasteiger partial charge in [0.1, 0.15) is 5.01 Å².